The van der Waals surface area contributed by atoms with Gasteiger partial charge in [-0.15, -0.1) is 0 Å². The van der Waals surface area contributed by atoms with Crippen LogP contribution in [0, 0.1) is 0 Å². The molecule has 0 aliphatic carbocycles. The third kappa shape index (κ3) is 3.27. The SMILES string of the molecule is COc1c(N)cccc1OCCN1CCOCC1. The van der Waals surface area contributed by atoms with E-state index in [4.69, 9.17) is 19.9 Å². The number of benzene rings is 1. The lowest BCUT2D eigenvalue weighted by Gasteiger charge is -2.26. The minimum atomic E-state index is 0.598. The Kier molecular flexibility index (Phi) is 4.66. The number of ether oxygens (including phenoxy) is 3. The second-order valence-electron chi connectivity index (χ2n) is 4.18. The van der Waals surface area contributed by atoms with Crippen molar-refractivity contribution < 1.29 is 14.2 Å². The molecule has 2 N–H and O–H groups in total. The molecular formula is C13H20N2O3. The van der Waals surface area contributed by atoms with Crippen molar-refractivity contribution in [1.29, 1.82) is 0 Å². The van der Waals surface area contributed by atoms with E-state index in [1.54, 1.807) is 13.2 Å². The van der Waals surface area contributed by atoms with Gasteiger partial charge in [0.2, 0.25) is 0 Å². The van der Waals surface area contributed by atoms with Gasteiger partial charge in [0.05, 0.1) is 26.0 Å². The number of nitrogen functional groups attached to an aromatic ring is 1. The summed E-state index contributed by atoms with van der Waals surface area (Å²) in [5.41, 5.74) is 6.41. The van der Waals surface area contributed by atoms with Gasteiger partial charge in [0.1, 0.15) is 6.61 Å². The fourth-order valence-corrected chi connectivity index (χ4v) is 1.97. The molecule has 100 valence electrons. The molecule has 5 heteroatoms. The largest absolute Gasteiger partial charge is 0.491 e. The minimum absolute atomic E-state index is 0.598. The van der Waals surface area contributed by atoms with Gasteiger partial charge in [0.15, 0.2) is 11.5 Å². The minimum Gasteiger partial charge on any atom is -0.491 e. The summed E-state index contributed by atoms with van der Waals surface area (Å²) in [5.74, 6) is 1.31. The normalized spacial score (nSPS) is 16.5. The number of hydrogen-bond acceptors (Lipinski definition) is 5. The number of morpholine rings is 1. The standard InChI is InChI=1S/C13H20N2O3/c1-16-13-11(14)3-2-4-12(13)18-10-7-15-5-8-17-9-6-15/h2-4H,5-10,14H2,1H3. The summed E-state index contributed by atoms with van der Waals surface area (Å²) >= 11 is 0. The molecule has 1 heterocycles. The van der Waals surface area contributed by atoms with Crippen molar-refractivity contribution in [3.8, 4) is 11.5 Å². The zero-order chi connectivity index (χ0) is 12.8. The zero-order valence-corrected chi connectivity index (χ0v) is 10.7. The molecule has 0 aromatic heterocycles. The van der Waals surface area contributed by atoms with Crippen LogP contribution in [0.5, 0.6) is 11.5 Å². The summed E-state index contributed by atoms with van der Waals surface area (Å²) in [5, 5.41) is 0. The number of methoxy groups -OCH3 is 1. The number of hydrogen-bond donors (Lipinski definition) is 1. The molecule has 18 heavy (non-hydrogen) atoms. The Morgan fingerprint density at radius 1 is 1.33 bits per heavy atom. The lowest BCUT2D eigenvalue weighted by atomic mass is 10.3. The second-order valence-corrected chi connectivity index (χ2v) is 4.18. The highest BCUT2D eigenvalue weighted by Crippen LogP contribution is 2.32. The van der Waals surface area contributed by atoms with Crippen molar-refractivity contribution in [3.63, 3.8) is 0 Å². The van der Waals surface area contributed by atoms with Crippen molar-refractivity contribution in [3.05, 3.63) is 18.2 Å². The van der Waals surface area contributed by atoms with Gasteiger partial charge >= 0.3 is 0 Å². The van der Waals surface area contributed by atoms with Crippen LogP contribution in [0.2, 0.25) is 0 Å². The van der Waals surface area contributed by atoms with Crippen LogP contribution in [-0.2, 0) is 4.74 Å². The van der Waals surface area contributed by atoms with Crippen LogP contribution >= 0.6 is 0 Å². The Bertz CT molecular complexity index is 378. The van der Waals surface area contributed by atoms with Gasteiger partial charge in [-0.3, -0.25) is 4.90 Å². The highest BCUT2D eigenvalue weighted by molar-refractivity contribution is 5.60. The van der Waals surface area contributed by atoms with E-state index in [0.717, 1.165) is 32.8 Å². The van der Waals surface area contributed by atoms with Gasteiger partial charge < -0.3 is 19.9 Å². The molecule has 0 spiro atoms. The van der Waals surface area contributed by atoms with Gasteiger partial charge in [-0.05, 0) is 12.1 Å². The third-order valence-electron chi connectivity index (χ3n) is 2.98. The molecule has 1 saturated heterocycles. The summed E-state index contributed by atoms with van der Waals surface area (Å²) in [6, 6.07) is 5.53. The fourth-order valence-electron chi connectivity index (χ4n) is 1.97. The molecule has 0 radical (unpaired) electrons. The van der Waals surface area contributed by atoms with E-state index in [9.17, 15) is 0 Å². The second kappa shape index (κ2) is 6.47. The molecule has 0 bridgehead atoms. The maximum absolute atomic E-state index is 5.81. The predicted molar refractivity (Wildman–Crippen MR) is 70.2 cm³/mol. The lowest BCUT2D eigenvalue weighted by Crippen LogP contribution is -2.38. The monoisotopic (exact) mass is 252 g/mol. The highest BCUT2D eigenvalue weighted by Gasteiger charge is 2.11. The summed E-state index contributed by atoms with van der Waals surface area (Å²) in [4.78, 5) is 2.32. The molecule has 1 aliphatic heterocycles. The molecule has 5 nitrogen and oxygen atoms in total. The Hall–Kier alpha value is -1.46. The number of rotatable bonds is 5. The lowest BCUT2D eigenvalue weighted by molar-refractivity contribution is 0.0321. The van der Waals surface area contributed by atoms with E-state index in [2.05, 4.69) is 4.90 Å². The van der Waals surface area contributed by atoms with E-state index in [1.807, 2.05) is 12.1 Å². The first-order chi connectivity index (χ1) is 8.81. The van der Waals surface area contributed by atoms with E-state index >= 15 is 0 Å². The maximum Gasteiger partial charge on any atom is 0.183 e. The number of nitrogens with two attached hydrogens (primary N) is 1. The van der Waals surface area contributed by atoms with E-state index in [0.29, 0.717) is 23.8 Å². The summed E-state index contributed by atoms with van der Waals surface area (Å²) in [7, 11) is 1.60. The van der Waals surface area contributed by atoms with Crippen molar-refractivity contribution in [2.45, 2.75) is 0 Å². The molecule has 1 aromatic carbocycles. The molecule has 1 fully saturated rings. The quantitative estimate of drug-likeness (QED) is 0.792. The van der Waals surface area contributed by atoms with Crippen LogP contribution in [0.4, 0.5) is 5.69 Å². The van der Waals surface area contributed by atoms with Crippen molar-refractivity contribution in [1.82, 2.24) is 4.90 Å². The molecule has 0 amide bonds. The van der Waals surface area contributed by atoms with E-state index in [-0.39, 0.29) is 0 Å². The molecule has 0 atom stereocenters. The maximum atomic E-state index is 5.81. The average molecular weight is 252 g/mol. The third-order valence-corrected chi connectivity index (χ3v) is 2.98. The van der Waals surface area contributed by atoms with Crippen LogP contribution in [0.15, 0.2) is 18.2 Å². The van der Waals surface area contributed by atoms with Crippen LogP contribution in [0.25, 0.3) is 0 Å². The zero-order valence-electron chi connectivity index (χ0n) is 10.7. The van der Waals surface area contributed by atoms with Crippen molar-refractivity contribution >= 4 is 5.69 Å². The summed E-state index contributed by atoms with van der Waals surface area (Å²) in [6.07, 6.45) is 0. The first kappa shape index (κ1) is 13.0. The fraction of sp³-hybridized carbons (Fsp3) is 0.538. The number of nitrogens with zero attached hydrogens (tertiary/aromatic N) is 1. The summed E-state index contributed by atoms with van der Waals surface area (Å²) < 4.78 is 16.3. The Labute approximate surface area is 107 Å². The van der Waals surface area contributed by atoms with E-state index in [1.165, 1.54) is 0 Å². The molecular weight excluding hydrogens is 232 g/mol. The summed E-state index contributed by atoms with van der Waals surface area (Å²) in [6.45, 7) is 5.07. The first-order valence-corrected chi connectivity index (χ1v) is 6.16. The molecule has 0 unspecified atom stereocenters. The van der Waals surface area contributed by atoms with Crippen molar-refractivity contribution in [2.75, 3.05) is 52.3 Å². The Morgan fingerprint density at radius 2 is 2.11 bits per heavy atom. The van der Waals surface area contributed by atoms with Gasteiger partial charge in [0, 0.05) is 19.6 Å². The molecule has 1 aliphatic rings. The van der Waals surface area contributed by atoms with E-state index < -0.39 is 0 Å². The van der Waals surface area contributed by atoms with Gasteiger partial charge in [0.25, 0.3) is 0 Å². The van der Waals surface area contributed by atoms with Crippen molar-refractivity contribution in [2.24, 2.45) is 0 Å². The molecule has 1 aromatic rings. The molecule has 2 rings (SSSR count). The average Bonchev–Trinajstić information content (AvgIpc) is 2.40. The first-order valence-electron chi connectivity index (χ1n) is 6.16. The Morgan fingerprint density at radius 3 is 2.83 bits per heavy atom. The molecule has 0 saturated carbocycles. The Balaban J connectivity index is 1.84. The van der Waals surface area contributed by atoms with Crippen LogP contribution < -0.4 is 15.2 Å². The van der Waals surface area contributed by atoms with Crippen LogP contribution in [0.3, 0.4) is 0 Å². The topological polar surface area (TPSA) is 57.0 Å². The predicted octanol–water partition coefficient (Wildman–Crippen LogP) is 0.988. The number of anilines is 1. The number of para-hydroxylation sites is 1. The smallest absolute Gasteiger partial charge is 0.183 e. The van der Waals surface area contributed by atoms with Crippen LogP contribution in [-0.4, -0.2) is 51.5 Å². The van der Waals surface area contributed by atoms with Gasteiger partial charge in [-0.1, -0.05) is 6.07 Å². The van der Waals surface area contributed by atoms with Gasteiger partial charge in [-0.2, -0.15) is 0 Å². The van der Waals surface area contributed by atoms with Crippen LogP contribution in [0.1, 0.15) is 0 Å². The highest BCUT2D eigenvalue weighted by atomic mass is 16.5. The van der Waals surface area contributed by atoms with Gasteiger partial charge in [-0.25, -0.2) is 0 Å².